The lowest BCUT2D eigenvalue weighted by molar-refractivity contribution is 0.235. The molecule has 144 valence electrons. The number of nitrogens with zero attached hydrogens (tertiary/aromatic N) is 1. The fourth-order valence-electron chi connectivity index (χ4n) is 3.93. The molecule has 2 aromatic carbocycles. The number of benzene rings is 2. The van der Waals surface area contributed by atoms with Gasteiger partial charge in [0, 0.05) is 12.0 Å². The van der Waals surface area contributed by atoms with E-state index in [9.17, 15) is 0 Å². The van der Waals surface area contributed by atoms with Gasteiger partial charge in [-0.1, -0.05) is 93.8 Å². The van der Waals surface area contributed by atoms with Crippen molar-refractivity contribution >= 4 is 0 Å². The van der Waals surface area contributed by atoms with Crippen molar-refractivity contribution in [2.24, 2.45) is 5.92 Å². The molecule has 0 aliphatic heterocycles. The SMILES string of the molecule is CC.CCCC(CN(C)C)C(C)(c1cccc(C)c1)c1cccc(C)c1. The Kier molecular flexibility index (Phi) is 9.08. The molecule has 2 aromatic rings. The van der Waals surface area contributed by atoms with Crippen LogP contribution < -0.4 is 0 Å². The Morgan fingerprint density at radius 3 is 1.69 bits per heavy atom. The molecule has 0 N–H and O–H groups in total. The lowest BCUT2D eigenvalue weighted by Crippen LogP contribution is -2.39. The predicted octanol–water partition coefficient (Wildman–Crippen LogP) is 6.61. The van der Waals surface area contributed by atoms with Crippen LogP contribution in [0.2, 0.25) is 0 Å². The molecule has 1 nitrogen and oxygen atoms in total. The summed E-state index contributed by atoms with van der Waals surface area (Å²) in [6.45, 7) is 14.2. The zero-order valence-electron chi connectivity index (χ0n) is 18.3. The Morgan fingerprint density at radius 2 is 1.35 bits per heavy atom. The first-order valence-electron chi connectivity index (χ1n) is 10.2. The van der Waals surface area contributed by atoms with Crippen molar-refractivity contribution in [3.05, 3.63) is 70.8 Å². The summed E-state index contributed by atoms with van der Waals surface area (Å²) < 4.78 is 0. The van der Waals surface area contributed by atoms with Crippen molar-refractivity contribution < 1.29 is 0 Å². The maximum atomic E-state index is 2.44. The largest absolute Gasteiger partial charge is 0.309 e. The fraction of sp³-hybridized carbons (Fsp3) is 0.520. The normalized spacial score (nSPS) is 12.5. The molecular weight excluding hydrogens is 314 g/mol. The molecule has 0 aliphatic carbocycles. The topological polar surface area (TPSA) is 3.24 Å². The van der Waals surface area contributed by atoms with E-state index in [1.54, 1.807) is 0 Å². The summed E-state index contributed by atoms with van der Waals surface area (Å²) in [5.74, 6) is 0.584. The molecule has 26 heavy (non-hydrogen) atoms. The average Bonchev–Trinajstić information content (AvgIpc) is 2.62. The molecule has 0 heterocycles. The van der Waals surface area contributed by atoms with E-state index in [4.69, 9.17) is 0 Å². The minimum Gasteiger partial charge on any atom is -0.309 e. The van der Waals surface area contributed by atoms with Crippen LogP contribution in [0.25, 0.3) is 0 Å². The van der Waals surface area contributed by atoms with Gasteiger partial charge in [0.1, 0.15) is 0 Å². The van der Waals surface area contributed by atoms with Gasteiger partial charge in [-0.05, 0) is 51.4 Å². The predicted molar refractivity (Wildman–Crippen MR) is 117 cm³/mol. The lowest BCUT2D eigenvalue weighted by Gasteiger charge is -2.41. The van der Waals surface area contributed by atoms with Crippen LogP contribution in [0.5, 0.6) is 0 Å². The van der Waals surface area contributed by atoms with E-state index in [-0.39, 0.29) is 5.41 Å². The molecule has 0 fully saturated rings. The summed E-state index contributed by atoms with van der Waals surface area (Å²) in [4.78, 5) is 2.34. The molecule has 0 saturated carbocycles. The number of hydrogen-bond acceptors (Lipinski definition) is 1. The van der Waals surface area contributed by atoms with Gasteiger partial charge in [0.25, 0.3) is 0 Å². The van der Waals surface area contributed by atoms with Gasteiger partial charge in [-0.25, -0.2) is 0 Å². The second-order valence-electron chi connectivity index (χ2n) is 7.69. The summed E-state index contributed by atoms with van der Waals surface area (Å²) in [5.41, 5.74) is 5.58. The van der Waals surface area contributed by atoms with Gasteiger partial charge in [0.2, 0.25) is 0 Å². The molecule has 0 amide bonds. The molecule has 1 atom stereocenters. The van der Waals surface area contributed by atoms with Crippen LogP contribution in [0.15, 0.2) is 48.5 Å². The third kappa shape index (κ3) is 5.45. The van der Waals surface area contributed by atoms with E-state index in [0.29, 0.717) is 5.92 Å². The highest BCUT2D eigenvalue weighted by atomic mass is 15.1. The number of rotatable bonds is 7. The zero-order valence-corrected chi connectivity index (χ0v) is 18.3. The first-order chi connectivity index (χ1) is 12.4. The molecular formula is C25H39N. The van der Waals surface area contributed by atoms with Crippen molar-refractivity contribution in [3.8, 4) is 0 Å². The minimum absolute atomic E-state index is 0.0261. The van der Waals surface area contributed by atoms with Crippen molar-refractivity contribution in [3.63, 3.8) is 0 Å². The molecule has 2 rings (SSSR count). The van der Waals surface area contributed by atoms with Crippen LogP contribution in [-0.4, -0.2) is 25.5 Å². The van der Waals surface area contributed by atoms with Gasteiger partial charge in [-0.3, -0.25) is 0 Å². The standard InChI is InChI=1S/C23H33N.C2H6/c1-7-10-22(17-24(5)6)23(4,20-13-8-11-18(2)15-20)21-14-9-12-19(3)16-21;1-2/h8-9,11-16,22H,7,10,17H2,1-6H3;1-2H3. The highest BCUT2D eigenvalue weighted by Gasteiger charge is 2.37. The van der Waals surface area contributed by atoms with Crippen LogP contribution in [0, 0.1) is 19.8 Å². The van der Waals surface area contributed by atoms with Crippen LogP contribution >= 0.6 is 0 Å². The maximum Gasteiger partial charge on any atom is 0.0215 e. The quantitative estimate of drug-likeness (QED) is 0.541. The molecule has 0 bridgehead atoms. The summed E-state index contributed by atoms with van der Waals surface area (Å²) in [6.07, 6.45) is 2.45. The molecule has 1 unspecified atom stereocenters. The summed E-state index contributed by atoms with van der Waals surface area (Å²) in [6, 6.07) is 18.2. The average molecular weight is 354 g/mol. The van der Waals surface area contributed by atoms with Crippen molar-refractivity contribution in [2.75, 3.05) is 20.6 Å². The smallest absolute Gasteiger partial charge is 0.0215 e. The van der Waals surface area contributed by atoms with Gasteiger partial charge >= 0.3 is 0 Å². The Hall–Kier alpha value is -1.60. The summed E-state index contributed by atoms with van der Waals surface area (Å²) in [5, 5.41) is 0. The lowest BCUT2D eigenvalue weighted by atomic mass is 9.65. The van der Waals surface area contributed by atoms with Crippen LogP contribution in [-0.2, 0) is 5.41 Å². The monoisotopic (exact) mass is 353 g/mol. The molecule has 0 aliphatic rings. The Morgan fingerprint density at radius 1 is 0.885 bits per heavy atom. The van der Waals surface area contributed by atoms with E-state index in [2.05, 4.69) is 95.2 Å². The first kappa shape index (κ1) is 22.4. The van der Waals surface area contributed by atoms with Gasteiger partial charge < -0.3 is 4.90 Å². The third-order valence-corrected chi connectivity index (χ3v) is 5.27. The van der Waals surface area contributed by atoms with Gasteiger partial charge in [-0.2, -0.15) is 0 Å². The fourth-order valence-corrected chi connectivity index (χ4v) is 3.93. The maximum absolute atomic E-state index is 2.44. The highest BCUT2D eigenvalue weighted by Crippen LogP contribution is 2.42. The second-order valence-corrected chi connectivity index (χ2v) is 7.69. The van der Waals surface area contributed by atoms with Crippen molar-refractivity contribution in [1.29, 1.82) is 0 Å². The summed E-state index contributed by atoms with van der Waals surface area (Å²) >= 11 is 0. The Labute approximate surface area is 162 Å². The molecule has 1 heteroatoms. The van der Waals surface area contributed by atoms with E-state index >= 15 is 0 Å². The molecule has 0 spiro atoms. The van der Waals surface area contributed by atoms with E-state index < -0.39 is 0 Å². The van der Waals surface area contributed by atoms with Gasteiger partial charge in [-0.15, -0.1) is 0 Å². The van der Waals surface area contributed by atoms with Gasteiger partial charge in [0.05, 0.1) is 0 Å². The number of hydrogen-bond donors (Lipinski definition) is 0. The van der Waals surface area contributed by atoms with Crippen molar-refractivity contribution in [2.45, 2.75) is 59.8 Å². The van der Waals surface area contributed by atoms with E-state index in [1.165, 1.54) is 35.1 Å². The number of aryl methyl sites for hydroxylation is 2. The second kappa shape index (κ2) is 10.5. The Balaban J connectivity index is 0.00000163. The van der Waals surface area contributed by atoms with Gasteiger partial charge in [0.15, 0.2) is 0 Å². The third-order valence-electron chi connectivity index (χ3n) is 5.27. The zero-order chi connectivity index (χ0) is 19.7. The van der Waals surface area contributed by atoms with Crippen molar-refractivity contribution in [1.82, 2.24) is 4.90 Å². The highest BCUT2D eigenvalue weighted by molar-refractivity contribution is 5.42. The van der Waals surface area contributed by atoms with Crippen LogP contribution in [0.3, 0.4) is 0 Å². The van der Waals surface area contributed by atoms with Crippen LogP contribution in [0.4, 0.5) is 0 Å². The Bertz CT molecular complexity index is 611. The first-order valence-corrected chi connectivity index (χ1v) is 10.2. The van der Waals surface area contributed by atoms with E-state index in [1.807, 2.05) is 13.8 Å². The molecule has 0 radical (unpaired) electrons. The van der Waals surface area contributed by atoms with E-state index in [0.717, 1.165) is 6.54 Å². The molecule has 0 saturated heterocycles. The summed E-state index contributed by atoms with van der Waals surface area (Å²) in [7, 11) is 4.38. The van der Waals surface area contributed by atoms with Crippen LogP contribution in [0.1, 0.15) is 62.8 Å². The molecule has 0 aromatic heterocycles. The minimum atomic E-state index is 0.0261.